The Balaban J connectivity index is 1.87. The number of amides is 2. The van der Waals surface area contributed by atoms with Gasteiger partial charge < -0.3 is 25.0 Å². The first-order valence-corrected chi connectivity index (χ1v) is 7.87. The van der Waals surface area contributed by atoms with E-state index in [9.17, 15) is 19.8 Å². The van der Waals surface area contributed by atoms with Gasteiger partial charge in [-0.3, -0.25) is 9.48 Å². The number of carbonyl (C=O) groups excluding carboxylic acids is 1. The zero-order valence-corrected chi connectivity index (χ0v) is 13.5. The van der Waals surface area contributed by atoms with Crippen molar-refractivity contribution in [3.63, 3.8) is 0 Å². The molecule has 0 bridgehead atoms. The topological polar surface area (TPSA) is 134 Å². The summed E-state index contributed by atoms with van der Waals surface area (Å²) in [5.74, 6) is -0.520. The Morgan fingerprint density at radius 2 is 2.24 bits per heavy atom. The first-order valence-electron chi connectivity index (χ1n) is 7.87. The molecule has 0 saturated heterocycles. The van der Waals surface area contributed by atoms with Crippen LogP contribution in [0.25, 0.3) is 11.4 Å². The molecule has 0 spiro atoms. The Morgan fingerprint density at radius 3 is 2.96 bits per heavy atom. The SMILES string of the molecule is CNC(=O)C1(O)Cc2conc2-c2c3c(nn2C1)CCN(C(=O)O)C3. The summed E-state index contributed by atoms with van der Waals surface area (Å²) in [5, 5.41) is 31.2. The lowest BCUT2D eigenvalue weighted by molar-refractivity contribution is -0.140. The van der Waals surface area contributed by atoms with Crippen LogP contribution < -0.4 is 5.32 Å². The van der Waals surface area contributed by atoms with Crippen LogP contribution in [0.1, 0.15) is 16.8 Å². The number of carbonyl (C=O) groups is 2. The second-order valence-corrected chi connectivity index (χ2v) is 6.36. The van der Waals surface area contributed by atoms with Crippen LogP contribution >= 0.6 is 0 Å². The molecule has 132 valence electrons. The number of nitrogens with one attached hydrogen (secondary N) is 1. The van der Waals surface area contributed by atoms with E-state index in [4.69, 9.17) is 4.52 Å². The van der Waals surface area contributed by atoms with Crippen molar-refractivity contribution in [2.75, 3.05) is 13.6 Å². The second kappa shape index (κ2) is 5.31. The monoisotopic (exact) mass is 347 g/mol. The highest BCUT2D eigenvalue weighted by atomic mass is 16.5. The van der Waals surface area contributed by atoms with Gasteiger partial charge in [0.05, 0.1) is 24.5 Å². The zero-order valence-electron chi connectivity index (χ0n) is 13.5. The Hall–Kier alpha value is -2.88. The number of nitrogens with zero attached hydrogens (tertiary/aromatic N) is 4. The molecule has 0 fully saturated rings. The quantitative estimate of drug-likeness (QED) is 0.639. The third kappa shape index (κ3) is 2.29. The van der Waals surface area contributed by atoms with Crippen LogP contribution in [0.4, 0.5) is 4.79 Å². The van der Waals surface area contributed by atoms with E-state index in [0.717, 1.165) is 11.3 Å². The minimum absolute atomic E-state index is 0.0340. The van der Waals surface area contributed by atoms with Gasteiger partial charge in [-0.25, -0.2) is 4.79 Å². The summed E-state index contributed by atoms with van der Waals surface area (Å²) < 4.78 is 6.60. The molecule has 2 aromatic rings. The van der Waals surface area contributed by atoms with Crippen LogP contribution in [-0.4, -0.2) is 61.2 Å². The van der Waals surface area contributed by atoms with Crippen LogP contribution in [0, 0.1) is 0 Å². The van der Waals surface area contributed by atoms with Crippen molar-refractivity contribution in [2.45, 2.75) is 31.5 Å². The van der Waals surface area contributed by atoms with Gasteiger partial charge in [0.1, 0.15) is 12.0 Å². The Kier molecular flexibility index (Phi) is 3.32. The van der Waals surface area contributed by atoms with Crippen LogP contribution in [0.5, 0.6) is 0 Å². The van der Waals surface area contributed by atoms with E-state index in [1.165, 1.54) is 18.2 Å². The van der Waals surface area contributed by atoms with E-state index in [1.54, 1.807) is 4.68 Å². The predicted octanol–water partition coefficient (Wildman–Crippen LogP) is -0.393. The van der Waals surface area contributed by atoms with Gasteiger partial charge in [-0.15, -0.1) is 0 Å². The first kappa shape index (κ1) is 15.6. The molecule has 2 aliphatic rings. The molecule has 10 nitrogen and oxygen atoms in total. The average molecular weight is 347 g/mol. The number of carboxylic acid groups (broad SMARTS) is 1. The standard InChI is InChI=1S/C15H17N5O5/c1-16-13(21)15(24)4-8-6-25-18-11(8)12-9-5-19(14(22)23)3-2-10(9)17-20(12)7-15/h6,24H,2-5,7H2,1H3,(H,16,21)(H,22,23). The highest BCUT2D eigenvalue weighted by molar-refractivity contribution is 5.86. The van der Waals surface area contributed by atoms with E-state index in [2.05, 4.69) is 15.6 Å². The lowest BCUT2D eigenvalue weighted by atomic mass is 9.94. The second-order valence-electron chi connectivity index (χ2n) is 6.36. The Bertz CT molecular complexity index is 872. The minimum atomic E-state index is -1.69. The molecule has 1 atom stereocenters. The lowest BCUT2D eigenvalue weighted by Gasteiger charge is -2.24. The van der Waals surface area contributed by atoms with E-state index in [-0.39, 0.29) is 19.5 Å². The maximum Gasteiger partial charge on any atom is 0.407 e. The highest BCUT2D eigenvalue weighted by Gasteiger charge is 2.43. The molecule has 2 amide bonds. The van der Waals surface area contributed by atoms with Gasteiger partial charge in [0.2, 0.25) is 0 Å². The van der Waals surface area contributed by atoms with Crippen LogP contribution in [0.2, 0.25) is 0 Å². The van der Waals surface area contributed by atoms with Gasteiger partial charge in [-0.05, 0) is 0 Å². The summed E-state index contributed by atoms with van der Waals surface area (Å²) in [6.07, 6.45) is 0.900. The van der Waals surface area contributed by atoms with Gasteiger partial charge in [0.15, 0.2) is 5.60 Å². The molecule has 2 aromatic heterocycles. The highest BCUT2D eigenvalue weighted by Crippen LogP contribution is 2.36. The number of hydrogen-bond donors (Lipinski definition) is 3. The molecule has 0 aromatic carbocycles. The van der Waals surface area contributed by atoms with Gasteiger partial charge in [-0.2, -0.15) is 5.10 Å². The smallest absolute Gasteiger partial charge is 0.407 e. The summed E-state index contributed by atoms with van der Waals surface area (Å²) >= 11 is 0. The van der Waals surface area contributed by atoms with Gasteiger partial charge >= 0.3 is 6.09 Å². The molecule has 3 N–H and O–H groups in total. The van der Waals surface area contributed by atoms with Crippen molar-refractivity contribution in [3.05, 3.63) is 23.1 Å². The molecule has 25 heavy (non-hydrogen) atoms. The van der Waals surface area contributed by atoms with Crippen molar-refractivity contribution >= 4 is 12.0 Å². The maximum absolute atomic E-state index is 12.2. The summed E-state index contributed by atoms with van der Waals surface area (Å²) in [6.45, 7) is 0.493. The molecule has 0 aliphatic carbocycles. The minimum Gasteiger partial charge on any atom is -0.465 e. The van der Waals surface area contributed by atoms with Crippen LogP contribution in [0.3, 0.4) is 0 Å². The van der Waals surface area contributed by atoms with Crippen molar-refractivity contribution < 1.29 is 24.3 Å². The fourth-order valence-corrected chi connectivity index (χ4v) is 3.55. The van der Waals surface area contributed by atoms with Crippen LogP contribution in [0.15, 0.2) is 10.8 Å². The molecule has 0 saturated carbocycles. The molecule has 4 heterocycles. The van der Waals surface area contributed by atoms with Gasteiger partial charge in [0, 0.05) is 37.6 Å². The summed E-state index contributed by atoms with van der Waals surface area (Å²) in [6, 6.07) is 0. The van der Waals surface area contributed by atoms with E-state index < -0.39 is 17.6 Å². The summed E-state index contributed by atoms with van der Waals surface area (Å²) in [4.78, 5) is 24.9. The summed E-state index contributed by atoms with van der Waals surface area (Å²) in [5.41, 5.74) is 1.47. The normalized spacial score (nSPS) is 21.8. The van der Waals surface area contributed by atoms with Crippen molar-refractivity contribution in [1.29, 1.82) is 0 Å². The fourth-order valence-electron chi connectivity index (χ4n) is 3.55. The third-order valence-corrected chi connectivity index (χ3v) is 4.78. The first-order chi connectivity index (χ1) is 11.9. The van der Waals surface area contributed by atoms with E-state index in [1.807, 2.05) is 0 Å². The number of rotatable bonds is 1. The molecule has 10 heteroatoms. The fraction of sp³-hybridized carbons (Fsp3) is 0.467. The van der Waals surface area contributed by atoms with Crippen molar-refractivity contribution in [3.8, 4) is 11.4 Å². The third-order valence-electron chi connectivity index (χ3n) is 4.78. The molecule has 1 unspecified atom stereocenters. The maximum atomic E-state index is 12.2. The molecular formula is C15H17N5O5. The summed E-state index contributed by atoms with van der Waals surface area (Å²) in [7, 11) is 1.46. The number of likely N-dealkylation sites (N-methyl/N-ethyl adjacent to an activating group) is 1. The largest absolute Gasteiger partial charge is 0.465 e. The molecule has 2 aliphatic heterocycles. The predicted molar refractivity (Wildman–Crippen MR) is 82.6 cm³/mol. The number of hydrogen-bond acceptors (Lipinski definition) is 6. The number of aliphatic hydroxyl groups is 1. The molecular weight excluding hydrogens is 330 g/mol. The Morgan fingerprint density at radius 1 is 1.44 bits per heavy atom. The van der Waals surface area contributed by atoms with Crippen LogP contribution in [-0.2, 0) is 30.7 Å². The lowest BCUT2D eigenvalue weighted by Crippen LogP contribution is -2.50. The number of fused-ring (bicyclic) bond motifs is 5. The Labute approximate surface area is 142 Å². The molecule has 4 rings (SSSR count). The number of aromatic nitrogens is 3. The van der Waals surface area contributed by atoms with Gasteiger partial charge in [0.25, 0.3) is 5.91 Å². The molecule has 0 radical (unpaired) electrons. The zero-order chi connectivity index (χ0) is 17.8. The van der Waals surface area contributed by atoms with E-state index in [0.29, 0.717) is 29.9 Å². The van der Waals surface area contributed by atoms with Crippen molar-refractivity contribution in [1.82, 2.24) is 25.2 Å². The van der Waals surface area contributed by atoms with Crippen molar-refractivity contribution in [2.24, 2.45) is 0 Å². The van der Waals surface area contributed by atoms with Gasteiger partial charge in [-0.1, -0.05) is 5.16 Å². The van der Waals surface area contributed by atoms with E-state index >= 15 is 0 Å². The average Bonchev–Trinajstić information content (AvgIpc) is 3.13.